The van der Waals surface area contributed by atoms with Gasteiger partial charge in [-0.25, -0.2) is 13.8 Å². The van der Waals surface area contributed by atoms with Gasteiger partial charge in [0.2, 0.25) is 0 Å². The summed E-state index contributed by atoms with van der Waals surface area (Å²) in [5.41, 5.74) is 0.203. The van der Waals surface area contributed by atoms with Crippen molar-refractivity contribution in [3.63, 3.8) is 0 Å². The van der Waals surface area contributed by atoms with Crippen LogP contribution in [-0.2, 0) is 7.05 Å². The lowest BCUT2D eigenvalue weighted by molar-refractivity contribution is 0.0698. The van der Waals surface area contributed by atoms with Crippen LogP contribution in [-0.4, -0.2) is 39.2 Å². The minimum Gasteiger partial charge on any atom is -0.339 e. The second-order valence-electron chi connectivity index (χ2n) is 6.00. The van der Waals surface area contributed by atoms with E-state index in [2.05, 4.69) is 4.98 Å². The van der Waals surface area contributed by atoms with Crippen molar-refractivity contribution < 1.29 is 13.6 Å². The molecule has 0 atom stereocenters. The summed E-state index contributed by atoms with van der Waals surface area (Å²) in [7, 11) is 1.97. The van der Waals surface area contributed by atoms with Crippen molar-refractivity contribution in [2.24, 2.45) is 13.0 Å². The molecule has 1 aromatic carbocycles. The number of hydrogen-bond donors (Lipinski definition) is 0. The van der Waals surface area contributed by atoms with Crippen molar-refractivity contribution in [2.75, 3.05) is 18.8 Å². The Bertz CT molecular complexity index is 726. The maximum Gasteiger partial charge on any atom is 0.253 e. The van der Waals surface area contributed by atoms with Crippen LogP contribution in [0.4, 0.5) is 8.78 Å². The highest BCUT2D eigenvalue weighted by Gasteiger charge is 2.24. The molecule has 0 aliphatic carbocycles. The van der Waals surface area contributed by atoms with Crippen LogP contribution in [0.15, 0.2) is 35.7 Å². The quantitative estimate of drug-likeness (QED) is 0.793. The third kappa shape index (κ3) is 3.77. The molecule has 1 saturated heterocycles. The highest BCUT2D eigenvalue weighted by Crippen LogP contribution is 2.26. The van der Waals surface area contributed by atoms with Gasteiger partial charge >= 0.3 is 0 Å². The van der Waals surface area contributed by atoms with Crippen molar-refractivity contribution >= 4 is 17.7 Å². The average molecular weight is 351 g/mol. The summed E-state index contributed by atoms with van der Waals surface area (Å²) >= 11 is 1.73. The molecule has 0 bridgehead atoms. The monoisotopic (exact) mass is 351 g/mol. The number of halogens is 2. The molecule has 3 rings (SSSR count). The molecular formula is C17H19F2N3OS. The fourth-order valence-electron chi connectivity index (χ4n) is 2.80. The number of aryl methyl sites for hydroxylation is 1. The Kier molecular flexibility index (Phi) is 5.18. The van der Waals surface area contributed by atoms with E-state index in [-0.39, 0.29) is 11.5 Å². The van der Waals surface area contributed by atoms with E-state index in [1.54, 1.807) is 22.9 Å². The molecule has 7 heteroatoms. The van der Waals surface area contributed by atoms with Gasteiger partial charge in [0.25, 0.3) is 5.91 Å². The molecule has 1 amide bonds. The summed E-state index contributed by atoms with van der Waals surface area (Å²) in [6.45, 7) is 1.28. The molecule has 0 saturated carbocycles. The number of hydrogen-bond acceptors (Lipinski definition) is 3. The Morgan fingerprint density at radius 1 is 1.29 bits per heavy atom. The molecule has 128 valence electrons. The number of aromatic nitrogens is 2. The van der Waals surface area contributed by atoms with E-state index in [4.69, 9.17) is 0 Å². The number of imidazole rings is 1. The van der Waals surface area contributed by atoms with Crippen molar-refractivity contribution in [2.45, 2.75) is 18.0 Å². The van der Waals surface area contributed by atoms with E-state index in [0.29, 0.717) is 19.0 Å². The smallest absolute Gasteiger partial charge is 0.253 e. The Labute approximate surface area is 143 Å². The Morgan fingerprint density at radius 3 is 2.67 bits per heavy atom. The lowest BCUT2D eigenvalue weighted by Crippen LogP contribution is -2.39. The molecule has 4 nitrogen and oxygen atoms in total. The topological polar surface area (TPSA) is 38.1 Å². The lowest BCUT2D eigenvalue weighted by atomic mass is 9.98. The second kappa shape index (κ2) is 7.34. The zero-order valence-electron chi connectivity index (χ0n) is 13.4. The first-order chi connectivity index (χ1) is 11.5. The third-order valence-electron chi connectivity index (χ3n) is 4.29. The largest absolute Gasteiger partial charge is 0.339 e. The summed E-state index contributed by atoms with van der Waals surface area (Å²) in [4.78, 5) is 18.4. The number of likely N-dealkylation sites (tertiary alicyclic amines) is 1. The second-order valence-corrected chi connectivity index (χ2v) is 6.98. The van der Waals surface area contributed by atoms with Crippen LogP contribution in [0.1, 0.15) is 23.2 Å². The molecule has 1 aliphatic rings. The summed E-state index contributed by atoms with van der Waals surface area (Å²) in [6, 6.07) is 3.31. The number of thioether (sulfide) groups is 1. The molecule has 0 radical (unpaired) electrons. The molecule has 24 heavy (non-hydrogen) atoms. The van der Waals surface area contributed by atoms with Gasteiger partial charge in [0.1, 0.15) is 0 Å². The molecule has 1 aliphatic heterocycles. The van der Waals surface area contributed by atoms with Crippen LogP contribution >= 0.6 is 11.8 Å². The van der Waals surface area contributed by atoms with Gasteiger partial charge in [-0.1, -0.05) is 11.8 Å². The van der Waals surface area contributed by atoms with Gasteiger partial charge in [-0.2, -0.15) is 0 Å². The molecule has 1 aromatic heterocycles. The van der Waals surface area contributed by atoms with Crippen molar-refractivity contribution in [3.05, 3.63) is 47.8 Å². The molecule has 0 unspecified atom stereocenters. The number of carbonyl (C=O) groups excluding carboxylic acids is 1. The van der Waals surface area contributed by atoms with Gasteiger partial charge in [0.05, 0.1) is 0 Å². The zero-order chi connectivity index (χ0) is 17.1. The third-order valence-corrected chi connectivity index (χ3v) is 5.58. The highest BCUT2D eigenvalue weighted by molar-refractivity contribution is 7.99. The minimum absolute atomic E-state index is 0.203. The molecule has 0 N–H and O–H groups in total. The summed E-state index contributed by atoms with van der Waals surface area (Å²) in [5, 5.41) is 0.996. The maximum atomic E-state index is 13.3. The first kappa shape index (κ1) is 17.0. The predicted molar refractivity (Wildman–Crippen MR) is 88.9 cm³/mol. The fourth-order valence-corrected chi connectivity index (χ4v) is 3.92. The number of piperidine rings is 1. The van der Waals surface area contributed by atoms with Gasteiger partial charge in [0.15, 0.2) is 16.8 Å². The number of benzene rings is 1. The highest BCUT2D eigenvalue weighted by atomic mass is 32.2. The maximum absolute atomic E-state index is 13.3. The average Bonchev–Trinajstić information content (AvgIpc) is 3.00. The summed E-state index contributed by atoms with van der Waals surface area (Å²) in [5.74, 6) is -0.651. The molecular weight excluding hydrogens is 332 g/mol. The molecule has 2 aromatic rings. The lowest BCUT2D eigenvalue weighted by Gasteiger charge is -2.32. The van der Waals surface area contributed by atoms with E-state index in [1.165, 1.54) is 6.07 Å². The Hall–Kier alpha value is -1.89. The molecule has 0 spiro atoms. The van der Waals surface area contributed by atoms with Gasteiger partial charge in [-0.3, -0.25) is 4.79 Å². The Balaban J connectivity index is 1.52. The van der Waals surface area contributed by atoms with Crippen molar-refractivity contribution in [1.29, 1.82) is 0 Å². The van der Waals surface area contributed by atoms with E-state index < -0.39 is 11.6 Å². The fraction of sp³-hybridized carbons (Fsp3) is 0.412. The minimum atomic E-state index is -0.984. The first-order valence-corrected chi connectivity index (χ1v) is 8.87. The number of carbonyl (C=O) groups is 1. The number of rotatable bonds is 4. The van der Waals surface area contributed by atoms with Gasteiger partial charge in [0, 0.05) is 43.8 Å². The van der Waals surface area contributed by atoms with Gasteiger partial charge < -0.3 is 9.47 Å². The molecule has 2 heterocycles. The zero-order valence-corrected chi connectivity index (χ0v) is 14.2. The number of amides is 1. The van der Waals surface area contributed by atoms with Crippen LogP contribution in [0.3, 0.4) is 0 Å². The van der Waals surface area contributed by atoms with Crippen LogP contribution < -0.4 is 0 Å². The van der Waals surface area contributed by atoms with Gasteiger partial charge in [-0.05, 0) is 37.0 Å². The standard InChI is InChI=1S/C17H19F2N3OS/c1-21-9-6-20-17(21)24-11-12-4-7-22(8-5-12)16(23)13-2-3-14(18)15(19)10-13/h2-3,6,9-10,12H,4-5,7-8,11H2,1H3. The van der Waals surface area contributed by atoms with Crippen molar-refractivity contribution in [1.82, 2.24) is 14.5 Å². The van der Waals surface area contributed by atoms with Crippen LogP contribution in [0, 0.1) is 17.6 Å². The van der Waals surface area contributed by atoms with Gasteiger partial charge in [-0.15, -0.1) is 0 Å². The van der Waals surface area contributed by atoms with E-state index in [1.807, 2.05) is 17.8 Å². The van der Waals surface area contributed by atoms with Crippen LogP contribution in [0.25, 0.3) is 0 Å². The van der Waals surface area contributed by atoms with Crippen LogP contribution in [0.2, 0.25) is 0 Å². The predicted octanol–water partition coefficient (Wildman–Crippen LogP) is 3.34. The summed E-state index contributed by atoms with van der Waals surface area (Å²) in [6.07, 6.45) is 5.52. The van der Waals surface area contributed by atoms with E-state index >= 15 is 0 Å². The molecule has 1 fully saturated rings. The van der Waals surface area contributed by atoms with E-state index in [0.717, 1.165) is 35.9 Å². The van der Waals surface area contributed by atoms with E-state index in [9.17, 15) is 13.6 Å². The normalized spacial score (nSPS) is 15.7. The summed E-state index contributed by atoms with van der Waals surface area (Å²) < 4.78 is 28.2. The Morgan fingerprint density at radius 2 is 2.04 bits per heavy atom. The van der Waals surface area contributed by atoms with Crippen LogP contribution in [0.5, 0.6) is 0 Å². The first-order valence-electron chi connectivity index (χ1n) is 7.89. The SMILES string of the molecule is Cn1ccnc1SCC1CCN(C(=O)c2ccc(F)c(F)c2)CC1. The van der Waals surface area contributed by atoms with Crippen molar-refractivity contribution in [3.8, 4) is 0 Å². The number of nitrogens with zero attached hydrogens (tertiary/aromatic N) is 3.